The predicted molar refractivity (Wildman–Crippen MR) is 45.6 cm³/mol. The Labute approximate surface area is 73.3 Å². The van der Waals surface area contributed by atoms with Gasteiger partial charge in [0.15, 0.2) is 0 Å². The number of ether oxygens (including phenoxy) is 1. The van der Waals surface area contributed by atoms with Crippen molar-refractivity contribution in [1.29, 1.82) is 0 Å². The monoisotopic (exact) mass is 168 g/mol. The molecule has 1 spiro atoms. The van der Waals surface area contributed by atoms with Crippen LogP contribution in [-0.4, -0.2) is 12.6 Å². The summed E-state index contributed by atoms with van der Waals surface area (Å²) in [6, 6.07) is 0. The summed E-state index contributed by atoms with van der Waals surface area (Å²) >= 11 is 0. The van der Waals surface area contributed by atoms with Crippen LogP contribution in [0.1, 0.15) is 39.0 Å². The van der Waals surface area contributed by atoms with Crippen molar-refractivity contribution in [3.8, 4) is 0 Å². The van der Waals surface area contributed by atoms with E-state index in [0.717, 1.165) is 12.8 Å². The summed E-state index contributed by atoms with van der Waals surface area (Å²) in [6.45, 7) is 2.40. The predicted octanol–water partition coefficient (Wildman–Crippen LogP) is 2.13. The molecule has 0 aromatic carbocycles. The van der Waals surface area contributed by atoms with Crippen LogP contribution in [0.2, 0.25) is 0 Å². The van der Waals surface area contributed by atoms with Gasteiger partial charge < -0.3 is 4.74 Å². The Kier molecular flexibility index (Phi) is 1.85. The third-order valence-electron chi connectivity index (χ3n) is 3.28. The quantitative estimate of drug-likeness (QED) is 0.590. The fourth-order valence-corrected chi connectivity index (χ4v) is 2.30. The van der Waals surface area contributed by atoms with Gasteiger partial charge in [0, 0.05) is 0 Å². The molecule has 0 aromatic rings. The first-order chi connectivity index (χ1) is 5.76. The first kappa shape index (κ1) is 8.09. The van der Waals surface area contributed by atoms with Crippen LogP contribution < -0.4 is 0 Å². The molecule has 0 aromatic heterocycles. The molecule has 2 nitrogen and oxygen atoms in total. The van der Waals surface area contributed by atoms with Crippen molar-refractivity contribution in [3.05, 3.63) is 0 Å². The van der Waals surface area contributed by atoms with Crippen LogP contribution in [-0.2, 0) is 9.53 Å². The average molecular weight is 168 g/mol. The molecule has 68 valence electrons. The topological polar surface area (TPSA) is 26.3 Å². The lowest BCUT2D eigenvalue weighted by Crippen LogP contribution is -2.15. The van der Waals surface area contributed by atoms with E-state index in [1.54, 1.807) is 0 Å². The van der Waals surface area contributed by atoms with Gasteiger partial charge in [0.2, 0.25) is 0 Å². The number of carbonyl (C=O) groups is 1. The second-order valence-corrected chi connectivity index (χ2v) is 4.19. The third kappa shape index (κ3) is 1.35. The second kappa shape index (κ2) is 2.75. The highest BCUT2D eigenvalue weighted by atomic mass is 16.5. The summed E-state index contributed by atoms with van der Waals surface area (Å²) in [7, 11) is 0. The van der Waals surface area contributed by atoms with Crippen LogP contribution in [0.15, 0.2) is 0 Å². The molecule has 2 aliphatic carbocycles. The fourth-order valence-electron chi connectivity index (χ4n) is 2.30. The third-order valence-corrected chi connectivity index (χ3v) is 3.28. The van der Waals surface area contributed by atoms with Gasteiger partial charge in [-0.05, 0) is 44.4 Å². The summed E-state index contributed by atoms with van der Waals surface area (Å²) in [6.07, 6.45) is 6.13. The zero-order valence-electron chi connectivity index (χ0n) is 7.64. The number of rotatable bonds is 2. The molecule has 1 unspecified atom stereocenters. The Morgan fingerprint density at radius 2 is 2.25 bits per heavy atom. The van der Waals surface area contributed by atoms with Gasteiger partial charge in [0.25, 0.3) is 0 Å². The Morgan fingerprint density at radius 1 is 1.50 bits per heavy atom. The van der Waals surface area contributed by atoms with E-state index in [1.165, 1.54) is 19.3 Å². The molecule has 0 amide bonds. The minimum absolute atomic E-state index is 0.0428. The van der Waals surface area contributed by atoms with Crippen molar-refractivity contribution >= 4 is 5.97 Å². The van der Waals surface area contributed by atoms with E-state index in [-0.39, 0.29) is 11.9 Å². The zero-order valence-corrected chi connectivity index (χ0v) is 7.64. The van der Waals surface area contributed by atoms with Gasteiger partial charge in [-0.15, -0.1) is 0 Å². The summed E-state index contributed by atoms with van der Waals surface area (Å²) in [4.78, 5) is 11.3. The van der Waals surface area contributed by atoms with E-state index in [2.05, 4.69) is 0 Å². The van der Waals surface area contributed by atoms with Crippen LogP contribution in [0, 0.1) is 11.3 Å². The number of hydrogen-bond acceptors (Lipinski definition) is 2. The minimum Gasteiger partial charge on any atom is -0.466 e. The maximum absolute atomic E-state index is 11.3. The standard InChI is InChI=1S/C10H16O2/c1-2-12-9(11)8-3-4-10(7-8)5-6-10/h8H,2-7H2,1H3. The maximum atomic E-state index is 11.3. The molecule has 0 saturated heterocycles. The smallest absolute Gasteiger partial charge is 0.308 e. The van der Waals surface area contributed by atoms with E-state index < -0.39 is 0 Å². The lowest BCUT2D eigenvalue weighted by atomic mass is 10.0. The van der Waals surface area contributed by atoms with Crippen LogP contribution >= 0.6 is 0 Å². The first-order valence-corrected chi connectivity index (χ1v) is 4.92. The van der Waals surface area contributed by atoms with E-state index in [0.29, 0.717) is 12.0 Å². The molecule has 2 heteroatoms. The van der Waals surface area contributed by atoms with Crippen molar-refractivity contribution in [2.45, 2.75) is 39.0 Å². The van der Waals surface area contributed by atoms with Crippen molar-refractivity contribution in [2.75, 3.05) is 6.61 Å². The largest absolute Gasteiger partial charge is 0.466 e. The highest BCUT2D eigenvalue weighted by molar-refractivity contribution is 5.73. The molecule has 1 atom stereocenters. The van der Waals surface area contributed by atoms with Crippen molar-refractivity contribution in [1.82, 2.24) is 0 Å². The molecule has 0 heterocycles. The molecule has 0 aliphatic heterocycles. The summed E-state index contributed by atoms with van der Waals surface area (Å²) in [5.74, 6) is 0.272. The van der Waals surface area contributed by atoms with Gasteiger partial charge in [-0.1, -0.05) is 0 Å². The molecule has 12 heavy (non-hydrogen) atoms. The van der Waals surface area contributed by atoms with Crippen LogP contribution in [0.25, 0.3) is 0 Å². The van der Waals surface area contributed by atoms with Crippen LogP contribution in [0.3, 0.4) is 0 Å². The highest BCUT2D eigenvalue weighted by Crippen LogP contribution is 2.59. The Hall–Kier alpha value is -0.530. The molecule has 2 fully saturated rings. The number of hydrogen-bond donors (Lipinski definition) is 0. The summed E-state index contributed by atoms with van der Waals surface area (Å²) in [5.41, 5.74) is 0.595. The summed E-state index contributed by atoms with van der Waals surface area (Å²) < 4.78 is 5.01. The van der Waals surface area contributed by atoms with Crippen LogP contribution in [0.5, 0.6) is 0 Å². The van der Waals surface area contributed by atoms with Crippen LogP contribution in [0.4, 0.5) is 0 Å². The van der Waals surface area contributed by atoms with Gasteiger partial charge in [-0.2, -0.15) is 0 Å². The van der Waals surface area contributed by atoms with Crippen molar-refractivity contribution in [2.24, 2.45) is 11.3 Å². The second-order valence-electron chi connectivity index (χ2n) is 4.19. The van der Waals surface area contributed by atoms with Gasteiger partial charge in [-0.25, -0.2) is 0 Å². The molecule has 0 N–H and O–H groups in total. The lowest BCUT2D eigenvalue weighted by molar-refractivity contribution is -0.147. The molecule has 0 radical (unpaired) electrons. The van der Waals surface area contributed by atoms with Crippen molar-refractivity contribution < 1.29 is 9.53 Å². The SMILES string of the molecule is CCOC(=O)C1CCC2(CC2)C1. The molecular weight excluding hydrogens is 152 g/mol. The van der Waals surface area contributed by atoms with Gasteiger partial charge in [-0.3, -0.25) is 4.79 Å². The molecule has 2 rings (SSSR count). The molecule has 0 bridgehead atoms. The minimum atomic E-state index is 0.0428. The van der Waals surface area contributed by atoms with Crippen molar-refractivity contribution in [3.63, 3.8) is 0 Å². The Bertz CT molecular complexity index is 194. The lowest BCUT2D eigenvalue weighted by Gasteiger charge is -2.08. The van der Waals surface area contributed by atoms with Gasteiger partial charge >= 0.3 is 5.97 Å². The average Bonchev–Trinajstić information content (AvgIpc) is 2.62. The maximum Gasteiger partial charge on any atom is 0.308 e. The zero-order chi connectivity index (χ0) is 8.60. The normalized spacial score (nSPS) is 30.6. The first-order valence-electron chi connectivity index (χ1n) is 4.92. The molecule has 2 saturated carbocycles. The van der Waals surface area contributed by atoms with E-state index in [4.69, 9.17) is 4.74 Å². The number of esters is 1. The Balaban J connectivity index is 1.86. The molecular formula is C10H16O2. The van der Waals surface area contributed by atoms with E-state index in [9.17, 15) is 4.79 Å². The Morgan fingerprint density at radius 3 is 2.75 bits per heavy atom. The van der Waals surface area contributed by atoms with E-state index >= 15 is 0 Å². The highest BCUT2D eigenvalue weighted by Gasteiger charge is 2.50. The number of carbonyl (C=O) groups excluding carboxylic acids is 1. The molecule has 2 aliphatic rings. The van der Waals surface area contributed by atoms with E-state index in [1.807, 2.05) is 6.92 Å². The van der Waals surface area contributed by atoms with Gasteiger partial charge in [0.05, 0.1) is 12.5 Å². The fraction of sp³-hybridized carbons (Fsp3) is 0.900. The van der Waals surface area contributed by atoms with Gasteiger partial charge in [0.1, 0.15) is 0 Å². The summed E-state index contributed by atoms with van der Waals surface area (Å²) in [5, 5.41) is 0.